The minimum Gasteiger partial charge on any atom is -0.357 e. The standard InChI is InChI=1S/C25H38N6/c1-4-26-25(28-16-24-27-12-13-30(24)17-19(2)3)29-21-14-22-10-11-23(15-21)31(22)18-20-8-6-5-7-9-20/h5-9,12-13,19,21-23H,4,10-11,14-18H2,1-3H3,(H2,26,28,29). The molecule has 0 saturated carbocycles. The number of fused-ring (bicyclic) bond motifs is 2. The molecular weight excluding hydrogens is 384 g/mol. The lowest BCUT2D eigenvalue weighted by atomic mass is 9.96. The van der Waals surface area contributed by atoms with Gasteiger partial charge >= 0.3 is 0 Å². The lowest BCUT2D eigenvalue weighted by Crippen LogP contribution is -2.52. The number of imidazole rings is 1. The second-order valence-electron chi connectivity index (χ2n) is 9.44. The predicted octanol–water partition coefficient (Wildman–Crippen LogP) is 3.79. The monoisotopic (exact) mass is 422 g/mol. The number of guanidine groups is 1. The van der Waals surface area contributed by atoms with Crippen molar-refractivity contribution in [3.63, 3.8) is 0 Å². The Bertz CT molecular complexity index is 829. The lowest BCUT2D eigenvalue weighted by Gasteiger charge is -2.39. The third kappa shape index (κ3) is 5.67. The zero-order chi connectivity index (χ0) is 21.6. The van der Waals surface area contributed by atoms with E-state index in [1.54, 1.807) is 0 Å². The van der Waals surface area contributed by atoms with E-state index < -0.39 is 0 Å². The van der Waals surface area contributed by atoms with Crippen LogP contribution in [0.2, 0.25) is 0 Å². The van der Waals surface area contributed by atoms with E-state index in [-0.39, 0.29) is 0 Å². The van der Waals surface area contributed by atoms with Gasteiger partial charge in [0.05, 0.1) is 0 Å². The molecule has 0 radical (unpaired) electrons. The molecule has 2 bridgehead atoms. The van der Waals surface area contributed by atoms with Crippen molar-refractivity contribution in [3.05, 3.63) is 54.1 Å². The molecule has 6 heteroatoms. The van der Waals surface area contributed by atoms with Crippen LogP contribution in [0.3, 0.4) is 0 Å². The van der Waals surface area contributed by atoms with Crippen molar-refractivity contribution in [2.75, 3.05) is 6.54 Å². The Kier molecular flexibility index (Phi) is 7.28. The van der Waals surface area contributed by atoms with Crippen molar-refractivity contribution in [1.29, 1.82) is 0 Å². The van der Waals surface area contributed by atoms with Gasteiger partial charge in [0.1, 0.15) is 12.4 Å². The molecule has 168 valence electrons. The number of hydrogen-bond acceptors (Lipinski definition) is 3. The van der Waals surface area contributed by atoms with Crippen molar-refractivity contribution in [2.45, 2.75) is 84.2 Å². The highest BCUT2D eigenvalue weighted by atomic mass is 15.3. The van der Waals surface area contributed by atoms with E-state index in [9.17, 15) is 0 Å². The molecule has 2 fully saturated rings. The van der Waals surface area contributed by atoms with E-state index in [0.717, 1.165) is 31.4 Å². The van der Waals surface area contributed by atoms with Crippen LogP contribution < -0.4 is 10.6 Å². The number of benzene rings is 1. The van der Waals surface area contributed by atoms with E-state index in [2.05, 4.69) is 82.4 Å². The van der Waals surface area contributed by atoms with Gasteiger partial charge in [-0.3, -0.25) is 4.90 Å². The van der Waals surface area contributed by atoms with E-state index in [1.165, 1.54) is 31.2 Å². The molecular formula is C25H38N6. The summed E-state index contributed by atoms with van der Waals surface area (Å²) in [4.78, 5) is 12.1. The number of aromatic nitrogens is 2. The smallest absolute Gasteiger partial charge is 0.191 e. The number of piperidine rings is 1. The van der Waals surface area contributed by atoms with Gasteiger partial charge in [0.2, 0.25) is 0 Å². The molecule has 2 N–H and O–H groups in total. The first-order valence-corrected chi connectivity index (χ1v) is 12.0. The van der Waals surface area contributed by atoms with Gasteiger partial charge < -0.3 is 15.2 Å². The molecule has 31 heavy (non-hydrogen) atoms. The molecule has 2 atom stereocenters. The maximum Gasteiger partial charge on any atom is 0.191 e. The molecule has 2 aliphatic rings. The summed E-state index contributed by atoms with van der Waals surface area (Å²) in [7, 11) is 0. The molecule has 6 nitrogen and oxygen atoms in total. The largest absolute Gasteiger partial charge is 0.357 e. The Hall–Kier alpha value is -2.34. The molecule has 2 saturated heterocycles. The molecule has 2 unspecified atom stereocenters. The summed E-state index contributed by atoms with van der Waals surface area (Å²) >= 11 is 0. The summed E-state index contributed by atoms with van der Waals surface area (Å²) < 4.78 is 2.22. The van der Waals surface area contributed by atoms with E-state index in [0.29, 0.717) is 30.6 Å². The Morgan fingerprint density at radius 3 is 2.58 bits per heavy atom. The summed E-state index contributed by atoms with van der Waals surface area (Å²) in [5.41, 5.74) is 1.43. The van der Waals surface area contributed by atoms with Crippen LogP contribution in [0.25, 0.3) is 0 Å². The van der Waals surface area contributed by atoms with Gasteiger partial charge in [0, 0.05) is 50.2 Å². The number of nitrogens with one attached hydrogen (secondary N) is 2. The van der Waals surface area contributed by atoms with Crippen LogP contribution in [0.5, 0.6) is 0 Å². The van der Waals surface area contributed by atoms with Crippen molar-refractivity contribution in [3.8, 4) is 0 Å². The minimum absolute atomic E-state index is 0.484. The first-order valence-electron chi connectivity index (χ1n) is 12.0. The van der Waals surface area contributed by atoms with E-state index in [4.69, 9.17) is 4.99 Å². The average Bonchev–Trinajstić information content (AvgIpc) is 3.27. The molecule has 1 aromatic carbocycles. The summed E-state index contributed by atoms with van der Waals surface area (Å²) in [6.45, 7) is 10.1. The first kappa shape index (κ1) is 21.9. The first-order chi connectivity index (χ1) is 15.1. The fourth-order valence-electron chi connectivity index (χ4n) is 5.16. The fraction of sp³-hybridized carbons (Fsp3) is 0.600. The summed E-state index contributed by atoms with van der Waals surface area (Å²) in [5, 5.41) is 7.18. The highest BCUT2D eigenvalue weighted by Crippen LogP contribution is 2.36. The van der Waals surface area contributed by atoms with Crippen LogP contribution in [0.1, 0.15) is 57.8 Å². The average molecular weight is 423 g/mol. The highest BCUT2D eigenvalue weighted by Gasteiger charge is 2.40. The molecule has 1 aromatic heterocycles. The third-order valence-corrected chi connectivity index (χ3v) is 6.52. The number of hydrogen-bond donors (Lipinski definition) is 2. The van der Waals surface area contributed by atoms with Crippen LogP contribution in [0.15, 0.2) is 47.7 Å². The van der Waals surface area contributed by atoms with Gasteiger partial charge in [-0.05, 0) is 44.1 Å². The van der Waals surface area contributed by atoms with Gasteiger partial charge in [0.15, 0.2) is 5.96 Å². The molecule has 2 aliphatic heterocycles. The fourth-order valence-corrected chi connectivity index (χ4v) is 5.16. The van der Waals surface area contributed by atoms with Crippen LogP contribution in [0.4, 0.5) is 0 Å². The number of aliphatic imine (C=N–C) groups is 1. The topological polar surface area (TPSA) is 57.5 Å². The Morgan fingerprint density at radius 1 is 1.16 bits per heavy atom. The van der Waals surface area contributed by atoms with Gasteiger partial charge in [-0.2, -0.15) is 0 Å². The van der Waals surface area contributed by atoms with Crippen LogP contribution in [-0.4, -0.2) is 45.1 Å². The maximum atomic E-state index is 4.87. The molecule has 0 spiro atoms. The zero-order valence-corrected chi connectivity index (χ0v) is 19.3. The van der Waals surface area contributed by atoms with Crippen LogP contribution in [-0.2, 0) is 19.6 Å². The zero-order valence-electron chi connectivity index (χ0n) is 19.3. The van der Waals surface area contributed by atoms with Crippen molar-refractivity contribution < 1.29 is 0 Å². The van der Waals surface area contributed by atoms with Crippen LogP contribution >= 0.6 is 0 Å². The number of nitrogens with zero attached hydrogens (tertiary/aromatic N) is 4. The second-order valence-corrected chi connectivity index (χ2v) is 9.44. The van der Waals surface area contributed by atoms with E-state index in [1.807, 2.05) is 6.20 Å². The quantitative estimate of drug-likeness (QED) is 0.502. The summed E-state index contributed by atoms with van der Waals surface area (Å²) in [6.07, 6.45) is 8.95. The lowest BCUT2D eigenvalue weighted by molar-refractivity contribution is 0.114. The van der Waals surface area contributed by atoms with Gasteiger partial charge in [-0.15, -0.1) is 0 Å². The summed E-state index contributed by atoms with van der Waals surface area (Å²) in [5.74, 6) is 2.55. The van der Waals surface area contributed by atoms with Gasteiger partial charge in [-0.25, -0.2) is 9.98 Å². The molecule has 2 aromatic rings. The van der Waals surface area contributed by atoms with E-state index >= 15 is 0 Å². The molecule has 0 amide bonds. The van der Waals surface area contributed by atoms with Gasteiger partial charge in [0.25, 0.3) is 0 Å². The van der Waals surface area contributed by atoms with Crippen LogP contribution in [0, 0.1) is 5.92 Å². The van der Waals surface area contributed by atoms with Crippen molar-refractivity contribution >= 4 is 5.96 Å². The van der Waals surface area contributed by atoms with Gasteiger partial charge in [-0.1, -0.05) is 44.2 Å². The maximum absolute atomic E-state index is 4.87. The third-order valence-electron chi connectivity index (χ3n) is 6.52. The highest BCUT2D eigenvalue weighted by molar-refractivity contribution is 5.80. The SMILES string of the molecule is CCNC(=NCc1nccn1CC(C)C)NC1CC2CCC(C1)N2Cc1ccccc1. The molecule has 0 aliphatic carbocycles. The normalized spacial score (nSPS) is 24.0. The Labute approximate surface area is 187 Å². The number of rotatable bonds is 8. The Balaban J connectivity index is 1.36. The van der Waals surface area contributed by atoms with Crippen molar-refractivity contribution in [1.82, 2.24) is 25.1 Å². The molecule has 3 heterocycles. The second kappa shape index (κ2) is 10.3. The van der Waals surface area contributed by atoms with Crippen molar-refractivity contribution in [2.24, 2.45) is 10.9 Å². The minimum atomic E-state index is 0.484. The molecule has 4 rings (SSSR count). The Morgan fingerprint density at radius 2 is 1.90 bits per heavy atom. The summed E-state index contributed by atoms with van der Waals surface area (Å²) in [6, 6.07) is 12.7. The predicted molar refractivity (Wildman–Crippen MR) is 127 cm³/mol.